The first-order valence-corrected chi connectivity index (χ1v) is 13.7. The van der Waals surface area contributed by atoms with E-state index in [1.807, 2.05) is 140 Å². The zero-order chi connectivity index (χ0) is 25.3. The van der Waals surface area contributed by atoms with Crippen molar-refractivity contribution in [3.63, 3.8) is 0 Å². The van der Waals surface area contributed by atoms with Gasteiger partial charge in [0.25, 0.3) is 0 Å². The van der Waals surface area contributed by atoms with Gasteiger partial charge in [-0.3, -0.25) is 4.98 Å². The predicted octanol–water partition coefficient (Wildman–Crippen LogP) is 7.15. The van der Waals surface area contributed by atoms with Crippen molar-refractivity contribution in [1.29, 1.82) is 0 Å². The molecule has 0 aliphatic rings. The van der Waals surface area contributed by atoms with Crippen LogP contribution in [0.15, 0.2) is 145 Å². The van der Waals surface area contributed by atoms with Crippen molar-refractivity contribution >= 4 is 29.1 Å². The smallest absolute Gasteiger partial charge is 0.180 e. The van der Waals surface area contributed by atoms with Crippen molar-refractivity contribution in [3.8, 4) is 11.8 Å². The van der Waals surface area contributed by atoms with Gasteiger partial charge in [0.15, 0.2) is 7.14 Å². The maximum atomic E-state index is 15.1. The fourth-order valence-electron chi connectivity index (χ4n) is 4.06. The Bertz CT molecular complexity index is 1620. The third-order valence-corrected chi connectivity index (χ3v) is 8.94. The Morgan fingerprint density at radius 2 is 1.19 bits per heavy atom. The van der Waals surface area contributed by atoms with Gasteiger partial charge in [0, 0.05) is 27.9 Å². The van der Waals surface area contributed by atoms with Gasteiger partial charge in [0.1, 0.15) is 0 Å². The van der Waals surface area contributed by atoms with Crippen LogP contribution in [0.5, 0.6) is 0 Å². The Balaban J connectivity index is 1.73. The Hall–Kier alpha value is -4.66. The maximum absolute atomic E-state index is 15.1. The first-order chi connectivity index (χ1) is 18.2. The zero-order valence-corrected chi connectivity index (χ0v) is 21.1. The first-order valence-electron chi connectivity index (χ1n) is 12.0. The summed E-state index contributed by atoms with van der Waals surface area (Å²) in [6.07, 6.45) is 3.59. The van der Waals surface area contributed by atoms with Gasteiger partial charge in [-0.05, 0) is 42.0 Å². The molecule has 4 aromatic carbocycles. The Labute approximate surface area is 218 Å². The van der Waals surface area contributed by atoms with Gasteiger partial charge in [-0.2, -0.15) is 0 Å². The zero-order valence-electron chi connectivity index (χ0n) is 20.2. The molecule has 0 spiro atoms. The SMILES string of the molecule is O=P(C(=C=Cc1ccccc1C#Cc1ccccc1)c1ccccn1)(c1ccccc1)c1ccccc1. The van der Waals surface area contributed by atoms with E-state index >= 15 is 4.57 Å². The average Bonchev–Trinajstić information content (AvgIpc) is 2.98. The number of benzene rings is 4. The van der Waals surface area contributed by atoms with Crippen LogP contribution in [-0.2, 0) is 4.57 Å². The molecule has 0 amide bonds. The van der Waals surface area contributed by atoms with Crippen LogP contribution in [-0.4, -0.2) is 4.98 Å². The molecule has 5 aromatic rings. The number of pyridine rings is 1. The van der Waals surface area contributed by atoms with E-state index in [4.69, 9.17) is 0 Å². The van der Waals surface area contributed by atoms with E-state index in [-0.39, 0.29) is 0 Å². The monoisotopic (exact) mass is 493 g/mol. The number of rotatable bonds is 5. The van der Waals surface area contributed by atoms with Crippen LogP contribution in [0.25, 0.3) is 11.4 Å². The molecule has 0 atom stereocenters. The van der Waals surface area contributed by atoms with Gasteiger partial charge >= 0.3 is 0 Å². The summed E-state index contributed by atoms with van der Waals surface area (Å²) in [4.78, 5) is 4.59. The van der Waals surface area contributed by atoms with Crippen molar-refractivity contribution in [2.24, 2.45) is 0 Å². The molecule has 5 rings (SSSR count). The average molecular weight is 494 g/mol. The fourth-order valence-corrected chi connectivity index (χ4v) is 6.76. The molecule has 37 heavy (non-hydrogen) atoms. The number of aromatic nitrogens is 1. The van der Waals surface area contributed by atoms with Crippen LogP contribution in [0.1, 0.15) is 22.4 Å². The summed E-state index contributed by atoms with van der Waals surface area (Å²) in [6, 6.07) is 42.6. The summed E-state index contributed by atoms with van der Waals surface area (Å²) in [5.74, 6) is 6.51. The lowest BCUT2D eigenvalue weighted by Crippen LogP contribution is -2.17. The molecular weight excluding hydrogens is 469 g/mol. The number of nitrogens with zero attached hydrogens (tertiary/aromatic N) is 1. The van der Waals surface area contributed by atoms with E-state index in [1.54, 1.807) is 6.20 Å². The van der Waals surface area contributed by atoms with E-state index in [2.05, 4.69) is 22.6 Å². The molecule has 0 bridgehead atoms. The lowest BCUT2D eigenvalue weighted by Gasteiger charge is -2.21. The van der Waals surface area contributed by atoms with Crippen molar-refractivity contribution in [3.05, 3.63) is 168 Å². The highest BCUT2D eigenvalue weighted by Gasteiger charge is 2.33. The van der Waals surface area contributed by atoms with Gasteiger partial charge in [-0.25, -0.2) is 0 Å². The third kappa shape index (κ3) is 5.45. The second-order valence-electron chi connectivity index (χ2n) is 8.34. The Morgan fingerprint density at radius 3 is 1.81 bits per heavy atom. The molecule has 0 N–H and O–H groups in total. The molecule has 3 heteroatoms. The summed E-state index contributed by atoms with van der Waals surface area (Å²) in [5.41, 5.74) is 6.77. The molecule has 176 valence electrons. The second-order valence-corrected chi connectivity index (χ2v) is 11.0. The molecular formula is C34H24NOP. The molecule has 0 fully saturated rings. The van der Waals surface area contributed by atoms with Crippen molar-refractivity contribution in [1.82, 2.24) is 4.98 Å². The summed E-state index contributed by atoms with van der Waals surface area (Å²) >= 11 is 0. The van der Waals surface area contributed by atoms with Crippen LogP contribution in [0.2, 0.25) is 0 Å². The first kappa shape index (κ1) is 24.1. The van der Waals surface area contributed by atoms with Crippen molar-refractivity contribution < 1.29 is 4.57 Å². The van der Waals surface area contributed by atoms with Crippen LogP contribution in [0, 0.1) is 11.8 Å². The van der Waals surface area contributed by atoms with E-state index in [1.165, 1.54) is 0 Å². The van der Waals surface area contributed by atoms with E-state index in [0.29, 0.717) is 11.0 Å². The molecule has 0 aliphatic carbocycles. The minimum absolute atomic E-state index is 0.552. The van der Waals surface area contributed by atoms with E-state index < -0.39 is 7.14 Å². The molecule has 0 radical (unpaired) electrons. The highest BCUT2D eigenvalue weighted by Crippen LogP contribution is 2.55. The largest absolute Gasteiger partial charge is 0.308 e. The van der Waals surface area contributed by atoms with Gasteiger partial charge < -0.3 is 4.57 Å². The lowest BCUT2D eigenvalue weighted by atomic mass is 10.1. The fraction of sp³-hybridized carbons (Fsp3) is 0. The summed E-state index contributed by atoms with van der Waals surface area (Å²) in [6.45, 7) is 0. The summed E-state index contributed by atoms with van der Waals surface area (Å²) in [5, 5.41) is 2.02. The minimum Gasteiger partial charge on any atom is -0.308 e. The summed E-state index contributed by atoms with van der Waals surface area (Å²) in [7, 11) is -3.30. The maximum Gasteiger partial charge on any atom is 0.180 e. The van der Waals surface area contributed by atoms with Crippen molar-refractivity contribution in [2.75, 3.05) is 0 Å². The standard InChI is InChI=1S/C34H24NOP/c36-37(31-18-6-2-7-19-31,32-20-8-3-9-21-32)34(33-22-12-13-27-35-33)26-25-30-17-11-10-16-29(30)24-23-28-14-4-1-5-15-28/h1-22,25,27H. The van der Waals surface area contributed by atoms with Gasteiger partial charge in [-0.1, -0.05) is 115 Å². The molecule has 1 heterocycles. The topological polar surface area (TPSA) is 30.0 Å². The van der Waals surface area contributed by atoms with E-state index in [9.17, 15) is 0 Å². The molecule has 0 saturated heterocycles. The quantitative estimate of drug-likeness (QED) is 0.148. The van der Waals surface area contributed by atoms with Gasteiger partial charge in [-0.15, -0.1) is 5.73 Å². The summed E-state index contributed by atoms with van der Waals surface area (Å²) < 4.78 is 15.1. The third-order valence-electron chi connectivity index (χ3n) is 5.90. The molecule has 2 nitrogen and oxygen atoms in total. The predicted molar refractivity (Wildman–Crippen MR) is 154 cm³/mol. The van der Waals surface area contributed by atoms with Gasteiger partial charge in [0.2, 0.25) is 0 Å². The molecule has 0 unspecified atom stereocenters. The molecule has 0 aliphatic heterocycles. The second kappa shape index (κ2) is 11.4. The number of hydrogen-bond acceptors (Lipinski definition) is 2. The highest BCUT2D eigenvalue weighted by molar-refractivity contribution is 7.87. The van der Waals surface area contributed by atoms with Crippen LogP contribution < -0.4 is 10.6 Å². The Morgan fingerprint density at radius 1 is 0.622 bits per heavy atom. The molecule has 0 saturated carbocycles. The van der Waals surface area contributed by atoms with Gasteiger partial charge in [0.05, 0.1) is 11.0 Å². The van der Waals surface area contributed by atoms with Crippen LogP contribution in [0.4, 0.5) is 0 Å². The molecule has 1 aromatic heterocycles. The van der Waals surface area contributed by atoms with E-state index in [0.717, 1.165) is 27.3 Å². The minimum atomic E-state index is -3.30. The van der Waals surface area contributed by atoms with Crippen LogP contribution in [0.3, 0.4) is 0 Å². The lowest BCUT2D eigenvalue weighted by molar-refractivity contribution is 0.593. The van der Waals surface area contributed by atoms with Crippen LogP contribution >= 0.6 is 7.14 Å². The Kier molecular flexibility index (Phi) is 7.40. The number of hydrogen-bond donors (Lipinski definition) is 0. The van der Waals surface area contributed by atoms with Crippen molar-refractivity contribution in [2.45, 2.75) is 0 Å². The highest BCUT2D eigenvalue weighted by atomic mass is 31.2. The normalized spacial score (nSPS) is 10.5.